The molecule has 2 N–H and O–H groups in total. The largest absolute Gasteiger partial charge is 0.489 e. The molecule has 0 aromatic heterocycles. The van der Waals surface area contributed by atoms with Crippen LogP contribution in [0.4, 0.5) is 0 Å². The van der Waals surface area contributed by atoms with Crippen LogP contribution in [0.5, 0.6) is 5.75 Å². The number of fused-ring (bicyclic) bond motifs is 1. The van der Waals surface area contributed by atoms with Crippen LogP contribution in [0.1, 0.15) is 35.7 Å². The third kappa shape index (κ3) is 1.98. The zero-order valence-electron chi connectivity index (χ0n) is 11.6. The van der Waals surface area contributed by atoms with Gasteiger partial charge in [0.15, 0.2) is 0 Å². The van der Waals surface area contributed by atoms with Crippen molar-refractivity contribution in [2.24, 2.45) is 0 Å². The second-order valence-electron chi connectivity index (χ2n) is 5.68. The summed E-state index contributed by atoms with van der Waals surface area (Å²) < 4.78 is 5.81. The predicted molar refractivity (Wildman–Crippen MR) is 72.9 cm³/mol. The monoisotopic (exact) mass is 277 g/mol. The Morgan fingerprint density at radius 1 is 1.25 bits per heavy atom. The van der Waals surface area contributed by atoms with E-state index in [0.717, 1.165) is 5.56 Å². The molecule has 108 valence electrons. The van der Waals surface area contributed by atoms with Gasteiger partial charge < -0.3 is 19.8 Å². The molecule has 3 rings (SSSR count). The summed E-state index contributed by atoms with van der Waals surface area (Å²) in [6.07, 6.45) is -1.68. The molecule has 1 fully saturated rings. The third-order valence-corrected chi connectivity index (χ3v) is 4.32. The zero-order chi connectivity index (χ0) is 14.4. The molecule has 1 amide bonds. The molecule has 5 heteroatoms. The van der Waals surface area contributed by atoms with Crippen LogP contribution < -0.4 is 4.74 Å². The zero-order valence-corrected chi connectivity index (χ0v) is 11.6. The second-order valence-corrected chi connectivity index (χ2v) is 5.68. The van der Waals surface area contributed by atoms with E-state index in [-0.39, 0.29) is 31.0 Å². The summed E-state index contributed by atoms with van der Waals surface area (Å²) in [6, 6.07) is 5.57. The maximum Gasteiger partial charge on any atom is 0.257 e. The van der Waals surface area contributed by atoms with Gasteiger partial charge in [-0.2, -0.15) is 0 Å². The van der Waals surface area contributed by atoms with Crippen molar-refractivity contribution in [3.05, 3.63) is 29.3 Å². The van der Waals surface area contributed by atoms with Gasteiger partial charge in [0, 0.05) is 24.6 Å². The Labute approximate surface area is 117 Å². The van der Waals surface area contributed by atoms with E-state index >= 15 is 0 Å². The number of benzene rings is 1. The number of β-amino-alcohol motifs (C(OH)–C–C–N with tert-alkyl or cyclic N) is 2. The molecule has 2 aliphatic rings. The number of aliphatic hydroxyl groups is 2. The lowest BCUT2D eigenvalue weighted by molar-refractivity contribution is 0.0572. The second kappa shape index (κ2) is 4.75. The fraction of sp³-hybridized carbons (Fsp3) is 0.533. The summed E-state index contributed by atoms with van der Waals surface area (Å²) in [5.41, 5.74) is 1.56. The SMILES string of the molecule is CC1Oc2c(C(=O)N3C[C@@H](O)[C@@H](O)C3)cccc2C1C. The Morgan fingerprint density at radius 3 is 2.55 bits per heavy atom. The minimum absolute atomic E-state index is 0.0497. The number of carbonyl (C=O) groups is 1. The van der Waals surface area contributed by atoms with Crippen LogP contribution in [0.15, 0.2) is 18.2 Å². The van der Waals surface area contributed by atoms with Crippen LogP contribution in [0.25, 0.3) is 0 Å². The summed E-state index contributed by atoms with van der Waals surface area (Å²) in [7, 11) is 0. The molecule has 4 atom stereocenters. The van der Waals surface area contributed by atoms with Gasteiger partial charge in [-0.3, -0.25) is 4.79 Å². The Hall–Kier alpha value is -1.59. The van der Waals surface area contributed by atoms with Gasteiger partial charge >= 0.3 is 0 Å². The molecule has 0 saturated carbocycles. The van der Waals surface area contributed by atoms with E-state index in [1.54, 1.807) is 6.07 Å². The maximum absolute atomic E-state index is 12.5. The smallest absolute Gasteiger partial charge is 0.257 e. The van der Waals surface area contributed by atoms with Crippen LogP contribution in [-0.4, -0.2) is 52.4 Å². The van der Waals surface area contributed by atoms with Gasteiger partial charge in [-0.25, -0.2) is 0 Å². The highest BCUT2D eigenvalue weighted by Crippen LogP contribution is 2.40. The number of aliphatic hydroxyl groups excluding tert-OH is 2. The van der Waals surface area contributed by atoms with Crippen molar-refractivity contribution in [1.82, 2.24) is 4.90 Å². The minimum Gasteiger partial charge on any atom is -0.489 e. The molecule has 0 radical (unpaired) electrons. The van der Waals surface area contributed by atoms with Gasteiger partial charge in [0.2, 0.25) is 0 Å². The van der Waals surface area contributed by atoms with Crippen molar-refractivity contribution < 1.29 is 19.7 Å². The fourth-order valence-corrected chi connectivity index (χ4v) is 2.86. The molecule has 1 aromatic rings. The number of para-hydroxylation sites is 1. The minimum atomic E-state index is -0.866. The molecule has 0 aliphatic carbocycles. The van der Waals surface area contributed by atoms with Crippen molar-refractivity contribution in [1.29, 1.82) is 0 Å². The Bertz CT molecular complexity index is 535. The van der Waals surface area contributed by atoms with E-state index in [2.05, 4.69) is 6.92 Å². The lowest BCUT2D eigenvalue weighted by Gasteiger charge is -2.17. The summed E-state index contributed by atoms with van der Waals surface area (Å²) in [4.78, 5) is 14.0. The van der Waals surface area contributed by atoms with Crippen molar-refractivity contribution >= 4 is 5.91 Å². The lowest BCUT2D eigenvalue weighted by atomic mass is 9.96. The van der Waals surface area contributed by atoms with E-state index in [1.165, 1.54) is 4.90 Å². The Morgan fingerprint density at radius 2 is 1.90 bits per heavy atom. The summed E-state index contributed by atoms with van der Waals surface area (Å²) in [5, 5.41) is 19.1. The molecule has 20 heavy (non-hydrogen) atoms. The highest BCUT2D eigenvalue weighted by Gasteiger charge is 2.36. The standard InChI is InChI=1S/C15H19NO4/c1-8-9(2)20-14-10(8)4-3-5-11(14)15(19)16-6-12(17)13(18)7-16/h3-5,8-9,12-13,17-18H,6-7H2,1-2H3/t8?,9?,12-,13+. The highest BCUT2D eigenvalue weighted by molar-refractivity contribution is 5.98. The first kappa shape index (κ1) is 13.4. The van der Waals surface area contributed by atoms with Gasteiger partial charge in [-0.15, -0.1) is 0 Å². The number of hydrogen-bond donors (Lipinski definition) is 2. The van der Waals surface area contributed by atoms with Gasteiger partial charge in [-0.1, -0.05) is 19.1 Å². The van der Waals surface area contributed by atoms with Gasteiger partial charge in [0.1, 0.15) is 11.9 Å². The molecular formula is C15H19NO4. The first-order valence-corrected chi connectivity index (χ1v) is 6.94. The molecule has 1 saturated heterocycles. The normalized spacial score (nSPS) is 32.1. The topological polar surface area (TPSA) is 70.0 Å². The van der Waals surface area contributed by atoms with Crippen molar-refractivity contribution in [3.8, 4) is 5.75 Å². The Kier molecular flexibility index (Phi) is 3.18. The molecule has 2 heterocycles. The number of likely N-dealkylation sites (tertiary alicyclic amines) is 1. The van der Waals surface area contributed by atoms with Crippen LogP contribution in [0, 0.1) is 0 Å². The number of hydrogen-bond acceptors (Lipinski definition) is 4. The van der Waals surface area contributed by atoms with Gasteiger partial charge in [0.25, 0.3) is 5.91 Å². The third-order valence-electron chi connectivity index (χ3n) is 4.32. The summed E-state index contributed by atoms with van der Waals surface area (Å²) in [6.45, 7) is 4.39. The molecular weight excluding hydrogens is 258 g/mol. The molecule has 1 aromatic carbocycles. The molecule has 5 nitrogen and oxygen atoms in total. The van der Waals surface area contributed by atoms with Gasteiger partial charge in [-0.05, 0) is 13.0 Å². The number of carbonyl (C=O) groups excluding carboxylic acids is 1. The van der Waals surface area contributed by atoms with Crippen LogP contribution in [0.3, 0.4) is 0 Å². The number of nitrogens with zero attached hydrogens (tertiary/aromatic N) is 1. The first-order valence-electron chi connectivity index (χ1n) is 6.94. The van der Waals surface area contributed by atoms with E-state index in [1.807, 2.05) is 19.1 Å². The Balaban J connectivity index is 1.91. The number of amides is 1. The van der Waals surface area contributed by atoms with E-state index in [9.17, 15) is 15.0 Å². The molecule has 2 unspecified atom stereocenters. The average Bonchev–Trinajstić information content (AvgIpc) is 2.91. The fourth-order valence-electron chi connectivity index (χ4n) is 2.86. The summed E-state index contributed by atoms with van der Waals surface area (Å²) >= 11 is 0. The first-order chi connectivity index (χ1) is 9.49. The number of ether oxygens (including phenoxy) is 1. The van der Waals surface area contributed by atoms with Crippen molar-refractivity contribution in [2.75, 3.05) is 13.1 Å². The quantitative estimate of drug-likeness (QED) is 0.794. The maximum atomic E-state index is 12.5. The van der Waals surface area contributed by atoms with E-state index in [4.69, 9.17) is 4.74 Å². The molecule has 2 aliphatic heterocycles. The number of rotatable bonds is 1. The van der Waals surface area contributed by atoms with Crippen LogP contribution in [-0.2, 0) is 0 Å². The van der Waals surface area contributed by atoms with Crippen LogP contribution >= 0.6 is 0 Å². The van der Waals surface area contributed by atoms with Crippen molar-refractivity contribution in [3.63, 3.8) is 0 Å². The lowest BCUT2D eigenvalue weighted by Crippen LogP contribution is -2.30. The average molecular weight is 277 g/mol. The predicted octanol–water partition coefficient (Wildman–Crippen LogP) is 0.749. The molecule has 0 spiro atoms. The van der Waals surface area contributed by atoms with Gasteiger partial charge in [0.05, 0.1) is 17.8 Å². The van der Waals surface area contributed by atoms with E-state index in [0.29, 0.717) is 11.3 Å². The van der Waals surface area contributed by atoms with E-state index < -0.39 is 12.2 Å². The summed E-state index contributed by atoms with van der Waals surface area (Å²) in [5.74, 6) is 0.708. The molecule has 0 bridgehead atoms. The van der Waals surface area contributed by atoms with Crippen LogP contribution in [0.2, 0.25) is 0 Å². The highest BCUT2D eigenvalue weighted by atomic mass is 16.5. The van der Waals surface area contributed by atoms with Crippen molar-refractivity contribution in [2.45, 2.75) is 38.1 Å².